The summed E-state index contributed by atoms with van der Waals surface area (Å²) in [5.41, 5.74) is 6.17. The number of hydrogen-bond acceptors (Lipinski definition) is 3. The highest BCUT2D eigenvalue weighted by atomic mass is 16.8. The molecular weight excluding hydrogens is 348 g/mol. The molecule has 1 aromatic heterocycles. The number of aryl methyl sites for hydroxylation is 1. The fourth-order valence-electron chi connectivity index (χ4n) is 4.89. The summed E-state index contributed by atoms with van der Waals surface area (Å²) < 4.78 is 14.9. The first kappa shape index (κ1) is 19.4. The summed E-state index contributed by atoms with van der Waals surface area (Å²) in [6.45, 7) is 12.7. The van der Waals surface area contributed by atoms with Gasteiger partial charge < -0.3 is 9.47 Å². The van der Waals surface area contributed by atoms with E-state index in [1.807, 2.05) is 20.0 Å². The van der Waals surface area contributed by atoms with Crippen LogP contribution in [0, 0.1) is 12.3 Å². The lowest BCUT2D eigenvalue weighted by atomic mass is 9.72. The molecular formula is C24H32N2O2. The highest BCUT2D eigenvalue weighted by Gasteiger charge is 2.62. The van der Waals surface area contributed by atoms with Crippen molar-refractivity contribution < 1.29 is 9.47 Å². The van der Waals surface area contributed by atoms with Crippen LogP contribution in [0.15, 0.2) is 36.0 Å². The molecule has 0 bridgehead atoms. The third kappa shape index (κ3) is 2.69. The molecule has 2 unspecified atom stereocenters. The summed E-state index contributed by atoms with van der Waals surface area (Å²) in [6.07, 6.45) is 7.51. The molecule has 3 aliphatic rings. The van der Waals surface area contributed by atoms with E-state index in [-0.39, 0.29) is 17.6 Å². The molecule has 0 radical (unpaired) electrons. The molecule has 0 N–H and O–H groups in total. The number of ether oxygens (including phenoxy) is 2. The summed E-state index contributed by atoms with van der Waals surface area (Å²) in [5.74, 6) is -0.485. The van der Waals surface area contributed by atoms with Crippen molar-refractivity contribution in [3.8, 4) is 5.69 Å². The molecule has 150 valence electrons. The zero-order chi connectivity index (χ0) is 20.1. The van der Waals surface area contributed by atoms with Crippen LogP contribution in [0.3, 0.4) is 0 Å². The minimum absolute atomic E-state index is 0.111. The second kappa shape index (κ2) is 6.85. The average molecular weight is 381 g/mol. The zero-order valence-corrected chi connectivity index (χ0v) is 18.0. The van der Waals surface area contributed by atoms with Crippen LogP contribution in [0.4, 0.5) is 0 Å². The van der Waals surface area contributed by atoms with Crippen molar-refractivity contribution >= 4 is 6.08 Å². The van der Waals surface area contributed by atoms with Gasteiger partial charge in [-0.15, -0.1) is 0 Å². The molecule has 2 aliphatic carbocycles. The Morgan fingerprint density at radius 2 is 1.71 bits per heavy atom. The van der Waals surface area contributed by atoms with Gasteiger partial charge >= 0.3 is 0 Å². The average Bonchev–Trinajstić information content (AvgIpc) is 3.31. The molecule has 1 aromatic carbocycles. The van der Waals surface area contributed by atoms with Crippen molar-refractivity contribution in [1.29, 1.82) is 0 Å². The molecule has 2 aromatic rings. The number of rotatable bonds is 1. The third-order valence-electron chi connectivity index (χ3n) is 6.71. The maximum Gasteiger partial charge on any atom is 0.178 e. The predicted molar refractivity (Wildman–Crippen MR) is 112 cm³/mol. The van der Waals surface area contributed by atoms with Gasteiger partial charge in [0.1, 0.15) is 0 Å². The monoisotopic (exact) mass is 380 g/mol. The Kier molecular flexibility index (Phi) is 4.75. The lowest BCUT2D eigenvalue weighted by Crippen LogP contribution is -2.46. The van der Waals surface area contributed by atoms with Crippen LogP contribution in [-0.4, -0.2) is 27.8 Å². The van der Waals surface area contributed by atoms with E-state index in [9.17, 15) is 0 Å². The van der Waals surface area contributed by atoms with Gasteiger partial charge in [0.2, 0.25) is 0 Å². The van der Waals surface area contributed by atoms with Crippen LogP contribution in [-0.2, 0) is 15.9 Å². The molecule has 4 heteroatoms. The number of aromatic nitrogens is 2. The molecule has 4 atom stereocenters. The zero-order valence-electron chi connectivity index (χ0n) is 18.0. The first-order chi connectivity index (χ1) is 13.4. The largest absolute Gasteiger partial charge is 0.343 e. The smallest absolute Gasteiger partial charge is 0.178 e. The summed E-state index contributed by atoms with van der Waals surface area (Å²) in [5, 5.41) is 4.69. The molecule has 1 saturated heterocycles. The van der Waals surface area contributed by atoms with Crippen LogP contribution < -0.4 is 0 Å². The van der Waals surface area contributed by atoms with Crippen molar-refractivity contribution in [1.82, 2.24) is 9.78 Å². The van der Waals surface area contributed by atoms with E-state index in [1.165, 1.54) is 22.4 Å². The van der Waals surface area contributed by atoms with Crippen molar-refractivity contribution in [3.63, 3.8) is 0 Å². The molecule has 2 heterocycles. The number of nitrogens with zero attached hydrogens (tertiary/aromatic N) is 2. The number of fused-ring (bicyclic) bond motifs is 3. The minimum atomic E-state index is -0.485. The van der Waals surface area contributed by atoms with Crippen LogP contribution in [0.25, 0.3) is 11.8 Å². The van der Waals surface area contributed by atoms with E-state index in [0.29, 0.717) is 0 Å². The van der Waals surface area contributed by atoms with Crippen LogP contribution in [0.5, 0.6) is 0 Å². The summed E-state index contributed by atoms with van der Waals surface area (Å²) >= 11 is 0. The van der Waals surface area contributed by atoms with E-state index in [0.717, 1.165) is 24.9 Å². The van der Waals surface area contributed by atoms with Gasteiger partial charge in [0.15, 0.2) is 5.79 Å². The molecule has 1 saturated carbocycles. The van der Waals surface area contributed by atoms with Gasteiger partial charge in [-0.1, -0.05) is 44.0 Å². The van der Waals surface area contributed by atoms with Crippen LogP contribution in [0.1, 0.15) is 64.3 Å². The standard InChI is InChI=1S/C22H26N2O2.C2H6/c1-14-5-7-19(8-6-14)24-20-11-18-9-10-22(25-15(2)16(3)26-22)21(18,4)12-17(20)13-23-24;1-2/h5-8,11,13,15-16H,9-10,12H2,1-4H3;1-2H3/t15-,16?,21+,22?;/m1./s1. The van der Waals surface area contributed by atoms with Gasteiger partial charge in [0.25, 0.3) is 0 Å². The summed E-state index contributed by atoms with van der Waals surface area (Å²) in [6, 6.07) is 8.54. The normalized spacial score (nSPS) is 33.1. The van der Waals surface area contributed by atoms with Crippen molar-refractivity contribution in [2.24, 2.45) is 5.41 Å². The minimum Gasteiger partial charge on any atom is -0.343 e. The van der Waals surface area contributed by atoms with Gasteiger partial charge in [-0.3, -0.25) is 0 Å². The second-order valence-corrected chi connectivity index (χ2v) is 8.38. The quantitative estimate of drug-likeness (QED) is 0.658. The van der Waals surface area contributed by atoms with Gasteiger partial charge in [-0.05, 0) is 57.4 Å². The molecule has 4 nitrogen and oxygen atoms in total. The fourth-order valence-corrected chi connectivity index (χ4v) is 4.89. The molecule has 2 fully saturated rings. The predicted octanol–water partition coefficient (Wildman–Crippen LogP) is 5.47. The maximum atomic E-state index is 6.42. The third-order valence-corrected chi connectivity index (χ3v) is 6.71. The van der Waals surface area contributed by atoms with E-state index >= 15 is 0 Å². The Hall–Kier alpha value is -1.91. The number of hydrogen-bond donors (Lipinski definition) is 0. The Labute approximate surface area is 168 Å². The molecule has 0 amide bonds. The first-order valence-corrected chi connectivity index (χ1v) is 10.6. The Morgan fingerprint density at radius 3 is 2.36 bits per heavy atom. The Bertz CT molecular complexity index is 886. The van der Waals surface area contributed by atoms with Crippen molar-refractivity contribution in [2.75, 3.05) is 0 Å². The fraction of sp³-hybridized carbons (Fsp3) is 0.542. The van der Waals surface area contributed by atoms with Gasteiger partial charge in [0.05, 0.1) is 29.8 Å². The Balaban J connectivity index is 0.000000932. The molecule has 1 spiro atoms. The van der Waals surface area contributed by atoms with Gasteiger partial charge in [0, 0.05) is 11.8 Å². The van der Waals surface area contributed by atoms with Crippen molar-refractivity contribution in [3.05, 3.63) is 52.9 Å². The topological polar surface area (TPSA) is 36.3 Å². The molecule has 5 rings (SSSR count). The van der Waals surface area contributed by atoms with E-state index in [4.69, 9.17) is 14.6 Å². The lowest BCUT2D eigenvalue weighted by Gasteiger charge is -2.42. The Morgan fingerprint density at radius 1 is 1.07 bits per heavy atom. The van der Waals surface area contributed by atoms with Gasteiger partial charge in [-0.2, -0.15) is 5.10 Å². The molecule has 1 aliphatic heterocycles. The van der Waals surface area contributed by atoms with E-state index < -0.39 is 5.79 Å². The second-order valence-electron chi connectivity index (χ2n) is 8.38. The van der Waals surface area contributed by atoms with Crippen LogP contribution in [0.2, 0.25) is 0 Å². The summed E-state index contributed by atoms with van der Waals surface area (Å²) in [4.78, 5) is 0. The number of benzene rings is 1. The first-order valence-electron chi connectivity index (χ1n) is 10.6. The van der Waals surface area contributed by atoms with Crippen LogP contribution >= 0.6 is 0 Å². The SMILES string of the molecule is CC.Cc1ccc(-n2ncc3c2C=C2CCC4(OC(C)[C@@H](C)O4)[C@@]2(C)C3)cc1. The lowest BCUT2D eigenvalue weighted by molar-refractivity contribution is -0.222. The summed E-state index contributed by atoms with van der Waals surface area (Å²) in [7, 11) is 0. The highest BCUT2D eigenvalue weighted by molar-refractivity contribution is 5.62. The van der Waals surface area contributed by atoms with Gasteiger partial charge in [-0.25, -0.2) is 4.68 Å². The highest BCUT2D eigenvalue weighted by Crippen LogP contribution is 2.60. The van der Waals surface area contributed by atoms with Crippen molar-refractivity contribution in [2.45, 2.75) is 78.8 Å². The van der Waals surface area contributed by atoms with E-state index in [2.05, 4.69) is 62.7 Å². The van der Waals surface area contributed by atoms with E-state index in [1.54, 1.807) is 0 Å². The maximum absolute atomic E-state index is 6.42. The molecule has 28 heavy (non-hydrogen) atoms.